The molecule has 2 heterocycles. The fourth-order valence-corrected chi connectivity index (χ4v) is 3.72. The summed E-state index contributed by atoms with van der Waals surface area (Å²) in [5.74, 6) is -0.889. The van der Waals surface area contributed by atoms with Gasteiger partial charge in [-0.3, -0.25) is 4.79 Å². The van der Waals surface area contributed by atoms with E-state index in [1.54, 1.807) is 4.68 Å². The number of nitrogens with one attached hydrogen (secondary N) is 1. The Bertz CT molecular complexity index is 1070. The minimum absolute atomic E-state index is 0.0302. The smallest absolute Gasteiger partial charge is 0.407 e. The van der Waals surface area contributed by atoms with Crippen molar-refractivity contribution in [2.45, 2.75) is 77.7 Å². The predicted molar refractivity (Wildman–Crippen MR) is 118 cm³/mol. The molecule has 7 nitrogen and oxygen atoms in total. The van der Waals surface area contributed by atoms with Gasteiger partial charge in [-0.15, -0.1) is 0 Å². The van der Waals surface area contributed by atoms with E-state index >= 15 is 0 Å². The highest BCUT2D eigenvalue weighted by Gasteiger charge is 2.32. The van der Waals surface area contributed by atoms with Crippen molar-refractivity contribution in [1.29, 1.82) is 0 Å². The van der Waals surface area contributed by atoms with Crippen LogP contribution in [0.2, 0.25) is 0 Å². The lowest BCUT2D eigenvalue weighted by atomic mass is 9.98. The maximum atomic E-state index is 13.3. The Labute approximate surface area is 194 Å². The van der Waals surface area contributed by atoms with Gasteiger partial charge in [0.15, 0.2) is 5.75 Å². The topological polar surface area (TPSA) is 77.7 Å². The summed E-state index contributed by atoms with van der Waals surface area (Å²) in [6, 6.07) is 2.75. The zero-order valence-corrected chi connectivity index (χ0v) is 20.4. The molecule has 1 N–H and O–H groups in total. The van der Waals surface area contributed by atoms with E-state index in [0.29, 0.717) is 18.0 Å². The molecule has 1 atom stereocenters. The molecule has 2 aromatic rings. The lowest BCUT2D eigenvalue weighted by Crippen LogP contribution is -2.38. The third-order valence-corrected chi connectivity index (χ3v) is 6.01. The zero-order chi connectivity index (χ0) is 24.6. The summed E-state index contributed by atoms with van der Waals surface area (Å²) < 4.78 is 47.1. The molecule has 0 saturated carbocycles. The van der Waals surface area contributed by atoms with Crippen molar-refractivity contribution in [3.8, 4) is 5.75 Å². The highest BCUT2D eigenvalue weighted by molar-refractivity contribution is 7.09. The number of alkyl halides is 3. The molecule has 11 heteroatoms. The van der Waals surface area contributed by atoms with E-state index in [9.17, 15) is 18.0 Å². The van der Waals surface area contributed by atoms with E-state index in [0.717, 1.165) is 29.6 Å². The van der Waals surface area contributed by atoms with Crippen LogP contribution in [-0.4, -0.2) is 33.9 Å². The third-order valence-electron chi connectivity index (χ3n) is 4.63. The van der Waals surface area contributed by atoms with Crippen LogP contribution in [0.25, 0.3) is 0 Å². The van der Waals surface area contributed by atoms with E-state index in [-0.39, 0.29) is 22.8 Å². The number of hydrogen-bond acceptors (Lipinski definition) is 6. The van der Waals surface area contributed by atoms with Gasteiger partial charge in [-0.1, -0.05) is 32.1 Å². The molecular formula is C22H29F3N4O3S. The highest BCUT2D eigenvalue weighted by Crippen LogP contribution is 2.33. The number of ether oxygens (including phenoxy) is 1. The first-order chi connectivity index (χ1) is 15.1. The zero-order valence-electron chi connectivity index (χ0n) is 19.5. The number of halogens is 3. The van der Waals surface area contributed by atoms with Gasteiger partial charge in [0.2, 0.25) is 4.80 Å². The van der Waals surface area contributed by atoms with Gasteiger partial charge in [-0.05, 0) is 45.4 Å². The van der Waals surface area contributed by atoms with Crippen LogP contribution in [0.5, 0.6) is 5.75 Å². The number of rotatable bonds is 5. The minimum atomic E-state index is -4.61. The quantitative estimate of drug-likeness (QED) is 0.631. The predicted octanol–water partition coefficient (Wildman–Crippen LogP) is 4.47. The summed E-state index contributed by atoms with van der Waals surface area (Å²) in [6.07, 6.45) is -3.78. The number of hydrogen-bond donors (Lipinski definition) is 1. The number of nitrogens with zero attached hydrogens (tertiary/aromatic N) is 3. The number of hydroxylamine groups is 1. The molecule has 182 valence electrons. The largest absolute Gasteiger partial charge is 0.416 e. The first-order valence-electron chi connectivity index (χ1n) is 10.6. The average molecular weight is 487 g/mol. The molecule has 1 fully saturated rings. The van der Waals surface area contributed by atoms with Crippen LogP contribution in [-0.2, 0) is 22.9 Å². The van der Waals surface area contributed by atoms with Crippen LogP contribution in [0, 0.1) is 0 Å². The molecule has 1 saturated heterocycles. The molecule has 0 bridgehead atoms. The Hall–Kier alpha value is -2.24. The fourth-order valence-electron chi connectivity index (χ4n) is 2.75. The van der Waals surface area contributed by atoms with Crippen LogP contribution in [0.15, 0.2) is 23.2 Å². The first-order valence-corrected chi connectivity index (χ1v) is 11.4. The molecule has 33 heavy (non-hydrogen) atoms. The number of carbonyl (C=O) groups excluding carboxylic acids is 1. The van der Waals surface area contributed by atoms with Crippen LogP contribution in [0.4, 0.5) is 13.2 Å². The van der Waals surface area contributed by atoms with Crippen molar-refractivity contribution < 1.29 is 27.5 Å². The van der Waals surface area contributed by atoms with E-state index in [4.69, 9.17) is 9.57 Å². The molecule has 3 rings (SSSR count). The van der Waals surface area contributed by atoms with Gasteiger partial charge in [0, 0.05) is 17.6 Å². The SMILES string of the molecule is CC(C)(C)NOc1ccc(C(F)(F)F)cc1C(=O)/N=c1\sc(C(C)(C)C)nn1CC1CCO1. The Kier molecular flexibility index (Phi) is 7.07. The Morgan fingerprint density at radius 3 is 2.45 bits per heavy atom. The summed E-state index contributed by atoms with van der Waals surface area (Å²) in [7, 11) is 0. The van der Waals surface area contributed by atoms with E-state index in [1.807, 2.05) is 41.5 Å². The van der Waals surface area contributed by atoms with Gasteiger partial charge in [0.1, 0.15) is 5.01 Å². The van der Waals surface area contributed by atoms with E-state index < -0.39 is 23.2 Å². The number of amides is 1. The molecule has 1 unspecified atom stereocenters. The third kappa shape index (κ3) is 6.64. The Morgan fingerprint density at radius 1 is 1.27 bits per heavy atom. The van der Waals surface area contributed by atoms with Gasteiger partial charge in [-0.2, -0.15) is 28.7 Å². The molecule has 0 spiro atoms. The van der Waals surface area contributed by atoms with E-state index in [1.165, 1.54) is 11.3 Å². The lowest BCUT2D eigenvalue weighted by molar-refractivity contribution is -0.137. The highest BCUT2D eigenvalue weighted by atomic mass is 32.1. The summed E-state index contributed by atoms with van der Waals surface area (Å²) in [4.78, 5) is 23.0. The Morgan fingerprint density at radius 2 is 1.94 bits per heavy atom. The maximum absolute atomic E-state index is 13.3. The normalized spacial score (nSPS) is 17.7. The molecule has 1 aliphatic rings. The molecule has 1 aromatic carbocycles. The minimum Gasteiger partial charge on any atom is -0.407 e. The van der Waals surface area contributed by atoms with Crippen molar-refractivity contribution in [2.75, 3.05) is 6.61 Å². The van der Waals surface area contributed by atoms with Crippen molar-refractivity contribution in [3.05, 3.63) is 39.1 Å². The molecule has 1 aliphatic heterocycles. The second-order valence-corrected chi connectivity index (χ2v) is 10.9. The molecule has 0 aliphatic carbocycles. The average Bonchev–Trinajstić information content (AvgIpc) is 3.04. The van der Waals surface area contributed by atoms with Crippen LogP contribution < -0.4 is 15.1 Å². The monoisotopic (exact) mass is 486 g/mol. The van der Waals surface area contributed by atoms with Gasteiger partial charge in [0.05, 0.1) is 23.8 Å². The second-order valence-electron chi connectivity index (χ2n) is 9.98. The van der Waals surface area contributed by atoms with Gasteiger partial charge in [-0.25, -0.2) is 4.68 Å². The van der Waals surface area contributed by atoms with Gasteiger partial charge in [0.25, 0.3) is 5.91 Å². The van der Waals surface area contributed by atoms with Crippen LogP contribution in [0.3, 0.4) is 0 Å². The van der Waals surface area contributed by atoms with Crippen molar-refractivity contribution in [1.82, 2.24) is 15.3 Å². The number of benzene rings is 1. The second kappa shape index (κ2) is 9.19. The van der Waals surface area contributed by atoms with Crippen LogP contribution in [0.1, 0.15) is 68.9 Å². The van der Waals surface area contributed by atoms with Crippen molar-refractivity contribution in [2.24, 2.45) is 4.99 Å². The number of aromatic nitrogens is 2. The number of carbonyl (C=O) groups is 1. The molecular weight excluding hydrogens is 457 g/mol. The standard InChI is InChI=1S/C22H29F3N4O3S/c1-20(2,3)18-27-29(12-14-9-10-31-14)19(33-18)26-17(30)15-11-13(22(23,24)25)7-8-16(15)32-28-21(4,5)6/h7-8,11,14,28H,9-10,12H2,1-6H3/b26-19-. The molecule has 1 aromatic heterocycles. The van der Waals surface area contributed by atoms with Crippen molar-refractivity contribution >= 4 is 17.2 Å². The summed E-state index contributed by atoms with van der Waals surface area (Å²) in [5.41, 5.74) is 0.692. The molecule has 1 amide bonds. The first kappa shape index (κ1) is 25.4. The fraction of sp³-hybridized carbons (Fsp3) is 0.591. The van der Waals surface area contributed by atoms with Gasteiger partial charge < -0.3 is 9.57 Å². The molecule has 0 radical (unpaired) electrons. The van der Waals surface area contributed by atoms with Gasteiger partial charge >= 0.3 is 6.18 Å². The van der Waals surface area contributed by atoms with Crippen LogP contribution >= 0.6 is 11.3 Å². The lowest BCUT2D eigenvalue weighted by Gasteiger charge is -2.26. The summed E-state index contributed by atoms with van der Waals surface area (Å²) in [5, 5.41) is 5.34. The summed E-state index contributed by atoms with van der Waals surface area (Å²) >= 11 is 1.23. The maximum Gasteiger partial charge on any atom is 0.416 e. The van der Waals surface area contributed by atoms with E-state index in [2.05, 4.69) is 15.6 Å². The summed E-state index contributed by atoms with van der Waals surface area (Å²) in [6.45, 7) is 12.5. The Balaban J connectivity index is 2.05. The van der Waals surface area contributed by atoms with Crippen molar-refractivity contribution in [3.63, 3.8) is 0 Å².